The van der Waals surface area contributed by atoms with Crippen LogP contribution in [-0.2, 0) is 6.42 Å². The second kappa shape index (κ2) is 5.86. The van der Waals surface area contributed by atoms with Crippen LogP contribution in [0.5, 0.6) is 0 Å². The molecule has 1 saturated heterocycles. The van der Waals surface area contributed by atoms with Gasteiger partial charge in [-0.25, -0.2) is 0 Å². The summed E-state index contributed by atoms with van der Waals surface area (Å²) in [6.45, 7) is 9.44. The summed E-state index contributed by atoms with van der Waals surface area (Å²) in [5, 5.41) is 4.29. The SMILES string of the molecule is CC(C)C1CNCCN1CC1Cc2ccccc2S1. The van der Waals surface area contributed by atoms with Crippen LogP contribution in [0.1, 0.15) is 19.4 Å². The van der Waals surface area contributed by atoms with Gasteiger partial charge in [0.05, 0.1) is 0 Å². The van der Waals surface area contributed by atoms with E-state index in [1.165, 1.54) is 24.4 Å². The fourth-order valence-electron chi connectivity index (χ4n) is 3.27. The van der Waals surface area contributed by atoms with Gasteiger partial charge in [-0.05, 0) is 24.0 Å². The molecule has 0 aliphatic carbocycles. The standard InChI is InChI=1S/C16H24N2S/c1-12(2)15-10-17-7-8-18(15)11-14-9-13-5-3-4-6-16(13)19-14/h3-6,12,14-15,17H,7-11H2,1-2H3. The third kappa shape index (κ3) is 2.99. The molecule has 2 atom stereocenters. The van der Waals surface area contributed by atoms with Gasteiger partial charge in [-0.15, -0.1) is 11.8 Å². The largest absolute Gasteiger partial charge is 0.314 e. The second-order valence-corrected chi connectivity index (χ2v) is 7.40. The van der Waals surface area contributed by atoms with E-state index in [0.717, 1.165) is 24.3 Å². The van der Waals surface area contributed by atoms with Crippen LogP contribution in [0.2, 0.25) is 0 Å². The summed E-state index contributed by atoms with van der Waals surface area (Å²) in [6.07, 6.45) is 1.25. The molecule has 2 aliphatic heterocycles. The van der Waals surface area contributed by atoms with Crippen LogP contribution in [0.15, 0.2) is 29.2 Å². The molecule has 1 aromatic rings. The Morgan fingerprint density at radius 3 is 3.00 bits per heavy atom. The van der Waals surface area contributed by atoms with Gasteiger partial charge in [0.25, 0.3) is 0 Å². The highest BCUT2D eigenvalue weighted by atomic mass is 32.2. The first-order valence-electron chi connectivity index (χ1n) is 7.43. The van der Waals surface area contributed by atoms with E-state index >= 15 is 0 Å². The number of rotatable bonds is 3. The molecular weight excluding hydrogens is 252 g/mol. The number of benzene rings is 1. The van der Waals surface area contributed by atoms with Gasteiger partial charge in [-0.3, -0.25) is 4.90 Å². The molecule has 3 heteroatoms. The van der Waals surface area contributed by atoms with Crippen molar-refractivity contribution in [2.24, 2.45) is 5.92 Å². The Bertz CT molecular complexity index is 408. The average molecular weight is 276 g/mol. The van der Waals surface area contributed by atoms with Crippen LogP contribution >= 0.6 is 11.8 Å². The summed E-state index contributed by atoms with van der Waals surface area (Å²) in [5.41, 5.74) is 1.55. The first-order valence-corrected chi connectivity index (χ1v) is 8.31. The van der Waals surface area contributed by atoms with Gasteiger partial charge in [-0.2, -0.15) is 0 Å². The van der Waals surface area contributed by atoms with Crippen LogP contribution in [0.3, 0.4) is 0 Å². The minimum absolute atomic E-state index is 0.707. The van der Waals surface area contributed by atoms with E-state index in [1.807, 2.05) is 0 Å². The molecule has 2 aliphatic rings. The number of fused-ring (bicyclic) bond motifs is 1. The third-order valence-electron chi connectivity index (χ3n) is 4.32. The Kier molecular flexibility index (Phi) is 4.15. The van der Waals surface area contributed by atoms with Crippen molar-refractivity contribution in [1.29, 1.82) is 0 Å². The zero-order valence-corrected chi connectivity index (χ0v) is 12.7. The molecule has 2 heterocycles. The lowest BCUT2D eigenvalue weighted by atomic mass is 10.00. The predicted molar refractivity (Wildman–Crippen MR) is 82.9 cm³/mol. The lowest BCUT2D eigenvalue weighted by Crippen LogP contribution is -2.55. The summed E-state index contributed by atoms with van der Waals surface area (Å²) in [4.78, 5) is 4.22. The van der Waals surface area contributed by atoms with E-state index in [2.05, 4.69) is 60.1 Å². The highest BCUT2D eigenvalue weighted by Gasteiger charge is 2.29. The summed E-state index contributed by atoms with van der Waals surface area (Å²) >= 11 is 2.08. The van der Waals surface area contributed by atoms with E-state index in [9.17, 15) is 0 Å². The normalized spacial score (nSPS) is 27.7. The van der Waals surface area contributed by atoms with Gasteiger partial charge >= 0.3 is 0 Å². The molecule has 1 fully saturated rings. The lowest BCUT2D eigenvalue weighted by Gasteiger charge is -2.39. The predicted octanol–water partition coefficient (Wildman–Crippen LogP) is 2.63. The van der Waals surface area contributed by atoms with Gasteiger partial charge in [0.15, 0.2) is 0 Å². The van der Waals surface area contributed by atoms with Gasteiger partial charge in [0, 0.05) is 42.4 Å². The van der Waals surface area contributed by atoms with Crippen molar-refractivity contribution in [2.45, 2.75) is 36.5 Å². The monoisotopic (exact) mass is 276 g/mol. The molecule has 19 heavy (non-hydrogen) atoms. The van der Waals surface area contributed by atoms with Crippen molar-refractivity contribution in [3.63, 3.8) is 0 Å². The number of hydrogen-bond acceptors (Lipinski definition) is 3. The van der Waals surface area contributed by atoms with Crippen LogP contribution in [0.4, 0.5) is 0 Å². The van der Waals surface area contributed by atoms with Crippen molar-refractivity contribution < 1.29 is 0 Å². The third-order valence-corrected chi connectivity index (χ3v) is 5.62. The Morgan fingerprint density at radius 1 is 1.37 bits per heavy atom. The first kappa shape index (κ1) is 13.5. The molecular formula is C16H24N2S. The quantitative estimate of drug-likeness (QED) is 0.913. The molecule has 0 amide bonds. The van der Waals surface area contributed by atoms with Crippen molar-refractivity contribution in [3.8, 4) is 0 Å². The van der Waals surface area contributed by atoms with Crippen LogP contribution in [0, 0.1) is 5.92 Å². The topological polar surface area (TPSA) is 15.3 Å². The minimum atomic E-state index is 0.707. The Hall–Kier alpha value is -0.510. The Labute approximate surface area is 121 Å². The molecule has 0 aromatic heterocycles. The summed E-state index contributed by atoms with van der Waals surface area (Å²) in [6, 6.07) is 9.61. The molecule has 0 spiro atoms. The molecule has 2 unspecified atom stereocenters. The fraction of sp³-hybridized carbons (Fsp3) is 0.625. The van der Waals surface area contributed by atoms with Crippen molar-refractivity contribution in [2.75, 3.05) is 26.2 Å². The highest BCUT2D eigenvalue weighted by molar-refractivity contribution is 8.00. The van der Waals surface area contributed by atoms with Gasteiger partial charge in [-0.1, -0.05) is 32.0 Å². The minimum Gasteiger partial charge on any atom is -0.314 e. The van der Waals surface area contributed by atoms with E-state index in [1.54, 1.807) is 5.56 Å². The molecule has 0 bridgehead atoms. The van der Waals surface area contributed by atoms with Crippen LogP contribution in [0.25, 0.3) is 0 Å². The van der Waals surface area contributed by atoms with Crippen molar-refractivity contribution >= 4 is 11.8 Å². The molecule has 0 saturated carbocycles. The van der Waals surface area contributed by atoms with E-state index in [0.29, 0.717) is 6.04 Å². The molecule has 104 valence electrons. The summed E-state index contributed by atoms with van der Waals surface area (Å²) < 4.78 is 0. The maximum absolute atomic E-state index is 3.54. The van der Waals surface area contributed by atoms with E-state index in [4.69, 9.17) is 0 Å². The number of nitrogens with zero attached hydrogens (tertiary/aromatic N) is 1. The number of thioether (sulfide) groups is 1. The number of hydrogen-bond donors (Lipinski definition) is 1. The zero-order chi connectivity index (χ0) is 13.2. The van der Waals surface area contributed by atoms with E-state index in [-0.39, 0.29) is 0 Å². The smallest absolute Gasteiger partial charge is 0.0263 e. The summed E-state index contributed by atoms with van der Waals surface area (Å²) in [7, 11) is 0. The highest BCUT2D eigenvalue weighted by Crippen LogP contribution is 2.37. The number of nitrogens with one attached hydrogen (secondary N) is 1. The van der Waals surface area contributed by atoms with Crippen LogP contribution < -0.4 is 5.32 Å². The Balaban J connectivity index is 1.63. The molecule has 2 nitrogen and oxygen atoms in total. The lowest BCUT2D eigenvalue weighted by molar-refractivity contribution is 0.125. The summed E-state index contributed by atoms with van der Waals surface area (Å²) in [5.74, 6) is 0.738. The van der Waals surface area contributed by atoms with Crippen molar-refractivity contribution in [1.82, 2.24) is 10.2 Å². The van der Waals surface area contributed by atoms with Crippen molar-refractivity contribution in [3.05, 3.63) is 29.8 Å². The zero-order valence-electron chi connectivity index (χ0n) is 11.9. The maximum atomic E-state index is 3.54. The fourth-order valence-corrected chi connectivity index (χ4v) is 4.62. The molecule has 0 radical (unpaired) electrons. The first-order chi connectivity index (χ1) is 9.24. The molecule has 1 aromatic carbocycles. The Morgan fingerprint density at radius 2 is 2.21 bits per heavy atom. The van der Waals surface area contributed by atoms with Gasteiger partial charge < -0.3 is 5.32 Å². The average Bonchev–Trinajstić information content (AvgIpc) is 2.81. The number of piperazine rings is 1. The maximum Gasteiger partial charge on any atom is 0.0263 e. The molecule has 3 rings (SSSR count). The van der Waals surface area contributed by atoms with Crippen LogP contribution in [-0.4, -0.2) is 42.4 Å². The van der Waals surface area contributed by atoms with Gasteiger partial charge in [0.1, 0.15) is 0 Å². The van der Waals surface area contributed by atoms with E-state index < -0.39 is 0 Å². The second-order valence-electron chi connectivity index (χ2n) is 6.06. The molecule has 1 N–H and O–H groups in total. The van der Waals surface area contributed by atoms with Gasteiger partial charge in [0.2, 0.25) is 0 Å².